The van der Waals surface area contributed by atoms with E-state index in [9.17, 15) is 0 Å². The summed E-state index contributed by atoms with van der Waals surface area (Å²) in [5.41, 5.74) is 8.43. The molecule has 0 spiro atoms. The Morgan fingerprint density at radius 2 is 1.86 bits per heavy atom. The summed E-state index contributed by atoms with van der Waals surface area (Å²) in [4.78, 5) is 0. The summed E-state index contributed by atoms with van der Waals surface area (Å²) in [6.45, 7) is 0. The Kier molecular flexibility index (Phi) is 3.93. The first-order valence-corrected chi connectivity index (χ1v) is 7.66. The van der Waals surface area contributed by atoms with E-state index < -0.39 is 0 Å². The van der Waals surface area contributed by atoms with Gasteiger partial charge >= 0.3 is 0 Å². The van der Waals surface area contributed by atoms with Gasteiger partial charge in [0.2, 0.25) is 0 Å². The quantitative estimate of drug-likeness (QED) is 0.662. The van der Waals surface area contributed by atoms with Crippen LogP contribution in [0.5, 0.6) is 0 Å². The summed E-state index contributed by atoms with van der Waals surface area (Å²) in [7, 11) is 0. The van der Waals surface area contributed by atoms with Gasteiger partial charge in [-0.1, -0.05) is 45.2 Å². The van der Waals surface area contributed by atoms with Crippen molar-refractivity contribution in [1.29, 1.82) is 0 Å². The van der Waals surface area contributed by atoms with Crippen LogP contribution in [0.3, 0.4) is 0 Å². The van der Waals surface area contributed by atoms with Crippen LogP contribution in [0.2, 0.25) is 10.0 Å². The molecule has 3 rings (SSSR count). The van der Waals surface area contributed by atoms with Crippen molar-refractivity contribution in [1.82, 2.24) is 9.78 Å². The van der Waals surface area contributed by atoms with E-state index in [1.165, 1.54) is 0 Å². The molecule has 1 heterocycles. The molecule has 0 amide bonds. The van der Waals surface area contributed by atoms with Crippen molar-refractivity contribution in [3.63, 3.8) is 0 Å². The van der Waals surface area contributed by atoms with Crippen LogP contribution in [0.1, 0.15) is 0 Å². The SMILES string of the molecule is Nc1cc(-c2ccc(Cl)cc2Cl)nn1-c1cccc(Br)c1. The van der Waals surface area contributed by atoms with E-state index in [1.807, 2.05) is 30.3 Å². The molecule has 0 unspecified atom stereocenters. The van der Waals surface area contributed by atoms with Crippen molar-refractivity contribution in [2.45, 2.75) is 0 Å². The Hall–Kier alpha value is -1.49. The van der Waals surface area contributed by atoms with Crippen molar-refractivity contribution >= 4 is 44.9 Å². The molecule has 2 aromatic carbocycles. The molecule has 0 saturated heterocycles. The molecule has 106 valence electrons. The molecule has 1 aromatic heterocycles. The molecule has 0 bridgehead atoms. The van der Waals surface area contributed by atoms with Gasteiger partial charge in [-0.15, -0.1) is 0 Å². The molecule has 0 radical (unpaired) electrons. The number of rotatable bonds is 2. The highest BCUT2D eigenvalue weighted by Gasteiger charge is 2.12. The van der Waals surface area contributed by atoms with Gasteiger partial charge in [-0.2, -0.15) is 5.10 Å². The first-order valence-electron chi connectivity index (χ1n) is 6.11. The smallest absolute Gasteiger partial charge is 0.127 e. The van der Waals surface area contributed by atoms with E-state index >= 15 is 0 Å². The predicted octanol–water partition coefficient (Wildman–Crippen LogP) is 5.19. The van der Waals surface area contributed by atoms with Gasteiger partial charge in [-0.25, -0.2) is 4.68 Å². The number of nitrogens with zero attached hydrogens (tertiary/aromatic N) is 2. The van der Waals surface area contributed by atoms with Crippen LogP contribution in [0.25, 0.3) is 16.9 Å². The predicted molar refractivity (Wildman–Crippen MR) is 91.1 cm³/mol. The maximum atomic E-state index is 6.21. The number of benzene rings is 2. The largest absolute Gasteiger partial charge is 0.384 e. The average molecular weight is 383 g/mol. The number of aromatic nitrogens is 2. The number of nitrogens with two attached hydrogens (primary N) is 1. The average Bonchev–Trinajstić information content (AvgIpc) is 2.80. The molecule has 3 aromatic rings. The number of nitrogen functional groups attached to an aromatic ring is 1. The summed E-state index contributed by atoms with van der Waals surface area (Å²) >= 11 is 15.6. The van der Waals surface area contributed by atoms with Gasteiger partial charge in [0.05, 0.1) is 16.4 Å². The molecule has 0 aliphatic carbocycles. The molecule has 0 aliphatic rings. The van der Waals surface area contributed by atoms with Crippen molar-refractivity contribution in [3.05, 3.63) is 63.0 Å². The normalized spacial score (nSPS) is 10.8. The van der Waals surface area contributed by atoms with Crippen molar-refractivity contribution < 1.29 is 0 Å². The molecule has 3 nitrogen and oxygen atoms in total. The molecular weight excluding hydrogens is 373 g/mol. The lowest BCUT2D eigenvalue weighted by Gasteiger charge is -2.04. The third kappa shape index (κ3) is 2.93. The fourth-order valence-corrected chi connectivity index (χ4v) is 2.93. The van der Waals surface area contributed by atoms with Crippen molar-refractivity contribution in [2.75, 3.05) is 5.73 Å². The summed E-state index contributed by atoms with van der Waals surface area (Å²) in [5.74, 6) is 0.536. The lowest BCUT2D eigenvalue weighted by atomic mass is 10.1. The third-order valence-electron chi connectivity index (χ3n) is 3.00. The first kappa shape index (κ1) is 14.4. The summed E-state index contributed by atoms with van der Waals surface area (Å²) in [6.07, 6.45) is 0. The highest BCUT2D eigenvalue weighted by molar-refractivity contribution is 9.10. The highest BCUT2D eigenvalue weighted by Crippen LogP contribution is 2.31. The van der Waals surface area contributed by atoms with Crippen LogP contribution in [-0.4, -0.2) is 9.78 Å². The highest BCUT2D eigenvalue weighted by atomic mass is 79.9. The van der Waals surface area contributed by atoms with Gasteiger partial charge in [0.1, 0.15) is 5.82 Å². The van der Waals surface area contributed by atoms with Crippen LogP contribution in [0.4, 0.5) is 5.82 Å². The van der Waals surface area contributed by atoms with E-state index in [0.29, 0.717) is 21.6 Å². The van der Waals surface area contributed by atoms with E-state index in [-0.39, 0.29) is 0 Å². The Balaban J connectivity index is 2.09. The fraction of sp³-hybridized carbons (Fsp3) is 0. The zero-order chi connectivity index (χ0) is 15.0. The lowest BCUT2D eigenvalue weighted by Crippen LogP contribution is -2.01. The topological polar surface area (TPSA) is 43.8 Å². The molecule has 2 N–H and O–H groups in total. The molecule has 0 saturated carbocycles. The Bertz CT molecular complexity index is 814. The van der Waals surface area contributed by atoms with Crippen LogP contribution in [0, 0.1) is 0 Å². The lowest BCUT2D eigenvalue weighted by molar-refractivity contribution is 0.894. The maximum Gasteiger partial charge on any atom is 0.127 e. The van der Waals surface area contributed by atoms with Crippen LogP contribution in [-0.2, 0) is 0 Å². The zero-order valence-electron chi connectivity index (χ0n) is 10.7. The van der Waals surface area contributed by atoms with Crippen LogP contribution >= 0.6 is 39.1 Å². The monoisotopic (exact) mass is 381 g/mol. The number of anilines is 1. The molecule has 21 heavy (non-hydrogen) atoms. The van der Waals surface area contributed by atoms with Crippen molar-refractivity contribution in [3.8, 4) is 16.9 Å². The Morgan fingerprint density at radius 1 is 1.05 bits per heavy atom. The van der Waals surface area contributed by atoms with E-state index in [0.717, 1.165) is 15.7 Å². The second kappa shape index (κ2) is 5.72. The molecule has 0 aliphatic heterocycles. The van der Waals surface area contributed by atoms with Crippen LogP contribution < -0.4 is 5.73 Å². The van der Waals surface area contributed by atoms with Gasteiger partial charge in [0.25, 0.3) is 0 Å². The standard InChI is InChI=1S/C15H10BrCl2N3/c16-9-2-1-3-11(6-9)21-15(19)8-14(20-21)12-5-4-10(17)7-13(12)18/h1-8H,19H2. The number of hydrogen-bond donors (Lipinski definition) is 1. The summed E-state index contributed by atoms with van der Waals surface area (Å²) in [6, 6.07) is 14.8. The number of halogens is 3. The molecular formula is C15H10BrCl2N3. The second-order valence-corrected chi connectivity index (χ2v) is 6.23. The third-order valence-corrected chi connectivity index (χ3v) is 4.04. The van der Waals surface area contributed by atoms with E-state index in [4.69, 9.17) is 28.9 Å². The Morgan fingerprint density at radius 3 is 2.57 bits per heavy atom. The van der Waals surface area contributed by atoms with Gasteiger partial charge < -0.3 is 5.73 Å². The maximum absolute atomic E-state index is 6.21. The minimum absolute atomic E-state index is 0.536. The van der Waals surface area contributed by atoms with Gasteiger partial charge in [0.15, 0.2) is 0 Å². The Labute approximate surface area is 140 Å². The van der Waals surface area contributed by atoms with Gasteiger partial charge in [0, 0.05) is 21.1 Å². The van der Waals surface area contributed by atoms with E-state index in [2.05, 4.69) is 21.0 Å². The summed E-state index contributed by atoms with van der Waals surface area (Å²) in [5, 5.41) is 5.65. The van der Waals surface area contributed by atoms with Gasteiger partial charge in [-0.05, 0) is 36.4 Å². The minimum Gasteiger partial charge on any atom is -0.384 e. The minimum atomic E-state index is 0.536. The van der Waals surface area contributed by atoms with Gasteiger partial charge in [-0.3, -0.25) is 0 Å². The first-order chi connectivity index (χ1) is 10.0. The van der Waals surface area contributed by atoms with E-state index in [1.54, 1.807) is 22.9 Å². The fourth-order valence-electron chi connectivity index (χ4n) is 2.04. The van der Waals surface area contributed by atoms with Crippen molar-refractivity contribution in [2.24, 2.45) is 0 Å². The zero-order valence-corrected chi connectivity index (χ0v) is 13.8. The molecule has 6 heteroatoms. The second-order valence-electron chi connectivity index (χ2n) is 4.47. The summed E-state index contributed by atoms with van der Waals surface area (Å²) < 4.78 is 2.63. The number of hydrogen-bond acceptors (Lipinski definition) is 2. The molecule has 0 atom stereocenters. The molecule has 0 fully saturated rings. The van der Waals surface area contributed by atoms with Crippen LogP contribution in [0.15, 0.2) is 53.0 Å².